The van der Waals surface area contributed by atoms with Crippen LogP contribution in [0, 0.1) is 5.92 Å². The summed E-state index contributed by atoms with van der Waals surface area (Å²) < 4.78 is 0. The Hall–Kier alpha value is -1.02. The number of para-hydroxylation sites is 1. The molecule has 0 heterocycles. The fourth-order valence-corrected chi connectivity index (χ4v) is 2.36. The van der Waals surface area contributed by atoms with Crippen LogP contribution in [0.15, 0.2) is 24.3 Å². The van der Waals surface area contributed by atoms with Gasteiger partial charge >= 0.3 is 0 Å². The summed E-state index contributed by atoms with van der Waals surface area (Å²) in [6.45, 7) is 0. The Balaban J connectivity index is 2.07. The van der Waals surface area contributed by atoms with Crippen LogP contribution in [0.2, 0.25) is 0 Å². The van der Waals surface area contributed by atoms with Gasteiger partial charge in [0.2, 0.25) is 0 Å². The van der Waals surface area contributed by atoms with Gasteiger partial charge in [0.1, 0.15) is 0 Å². The van der Waals surface area contributed by atoms with Crippen LogP contribution in [0.1, 0.15) is 31.2 Å². The maximum Gasteiger partial charge on any atom is 0.0517 e. The molecule has 1 aliphatic rings. The third kappa shape index (κ3) is 2.07. The standard InChI is InChI=1S/C12H18N2/c13-14-12-8-4-3-7-11(12)9-10-5-1-2-6-10/h3-4,7-8,10,14H,1-2,5-6,9,13H2. The molecule has 0 saturated heterocycles. The number of hydrogen-bond acceptors (Lipinski definition) is 2. The number of rotatable bonds is 3. The molecule has 14 heavy (non-hydrogen) atoms. The fraction of sp³-hybridized carbons (Fsp3) is 0.500. The van der Waals surface area contributed by atoms with Crippen molar-refractivity contribution in [1.82, 2.24) is 0 Å². The first kappa shape index (κ1) is 9.53. The summed E-state index contributed by atoms with van der Waals surface area (Å²) in [7, 11) is 0. The largest absolute Gasteiger partial charge is 0.324 e. The SMILES string of the molecule is NNc1ccccc1CC1CCCC1. The molecule has 1 aromatic rings. The molecule has 0 unspecified atom stereocenters. The minimum absolute atomic E-state index is 0.879. The van der Waals surface area contributed by atoms with E-state index in [4.69, 9.17) is 5.84 Å². The van der Waals surface area contributed by atoms with E-state index >= 15 is 0 Å². The van der Waals surface area contributed by atoms with Gasteiger partial charge in [-0.15, -0.1) is 0 Å². The predicted molar refractivity (Wildman–Crippen MR) is 59.9 cm³/mol. The van der Waals surface area contributed by atoms with Gasteiger partial charge in [0.05, 0.1) is 5.69 Å². The van der Waals surface area contributed by atoms with E-state index in [9.17, 15) is 0 Å². The highest BCUT2D eigenvalue weighted by Crippen LogP contribution is 2.29. The molecule has 0 radical (unpaired) electrons. The van der Waals surface area contributed by atoms with Gasteiger partial charge in [-0.05, 0) is 24.0 Å². The van der Waals surface area contributed by atoms with Crippen LogP contribution in [0.4, 0.5) is 5.69 Å². The average Bonchev–Trinajstić information content (AvgIpc) is 2.71. The second-order valence-electron chi connectivity index (χ2n) is 4.16. The quantitative estimate of drug-likeness (QED) is 0.568. The van der Waals surface area contributed by atoms with Crippen LogP contribution in [-0.4, -0.2) is 0 Å². The third-order valence-corrected chi connectivity index (χ3v) is 3.16. The summed E-state index contributed by atoms with van der Waals surface area (Å²) in [5.74, 6) is 6.35. The van der Waals surface area contributed by atoms with Crippen LogP contribution >= 0.6 is 0 Å². The predicted octanol–water partition coefficient (Wildman–Crippen LogP) is 2.70. The van der Waals surface area contributed by atoms with Crippen molar-refractivity contribution >= 4 is 5.69 Å². The van der Waals surface area contributed by atoms with Crippen molar-refractivity contribution in [1.29, 1.82) is 0 Å². The molecule has 0 aliphatic heterocycles. The molecule has 1 aliphatic carbocycles. The van der Waals surface area contributed by atoms with Gasteiger partial charge in [0.15, 0.2) is 0 Å². The molecule has 1 aromatic carbocycles. The van der Waals surface area contributed by atoms with Crippen molar-refractivity contribution < 1.29 is 0 Å². The van der Waals surface area contributed by atoms with E-state index in [-0.39, 0.29) is 0 Å². The summed E-state index contributed by atoms with van der Waals surface area (Å²) >= 11 is 0. The zero-order valence-corrected chi connectivity index (χ0v) is 8.50. The topological polar surface area (TPSA) is 38.0 Å². The van der Waals surface area contributed by atoms with Crippen molar-refractivity contribution in [3.8, 4) is 0 Å². The van der Waals surface area contributed by atoms with E-state index in [0.717, 1.165) is 11.6 Å². The average molecular weight is 190 g/mol. The maximum atomic E-state index is 5.47. The van der Waals surface area contributed by atoms with Crippen molar-refractivity contribution in [2.75, 3.05) is 5.43 Å². The zero-order chi connectivity index (χ0) is 9.80. The monoisotopic (exact) mass is 190 g/mol. The van der Waals surface area contributed by atoms with E-state index in [2.05, 4.69) is 17.6 Å². The van der Waals surface area contributed by atoms with Crippen molar-refractivity contribution in [3.63, 3.8) is 0 Å². The molecule has 3 N–H and O–H groups in total. The summed E-state index contributed by atoms with van der Waals surface area (Å²) in [5, 5.41) is 0. The number of nitrogens with two attached hydrogens (primary N) is 1. The Labute approximate surface area is 85.5 Å². The highest BCUT2D eigenvalue weighted by Gasteiger charge is 2.16. The Kier molecular flexibility index (Phi) is 3.04. The second kappa shape index (κ2) is 4.47. The van der Waals surface area contributed by atoms with Gasteiger partial charge in [-0.3, -0.25) is 5.84 Å². The minimum atomic E-state index is 0.879. The fourth-order valence-electron chi connectivity index (χ4n) is 2.36. The first-order chi connectivity index (χ1) is 6.90. The molecule has 0 spiro atoms. The minimum Gasteiger partial charge on any atom is -0.324 e. The Morgan fingerprint density at radius 2 is 1.93 bits per heavy atom. The van der Waals surface area contributed by atoms with Gasteiger partial charge in [0.25, 0.3) is 0 Å². The second-order valence-corrected chi connectivity index (χ2v) is 4.16. The first-order valence-electron chi connectivity index (χ1n) is 5.44. The van der Waals surface area contributed by atoms with Gasteiger partial charge in [-0.2, -0.15) is 0 Å². The van der Waals surface area contributed by atoms with E-state index < -0.39 is 0 Å². The van der Waals surface area contributed by atoms with Gasteiger partial charge in [0, 0.05) is 0 Å². The maximum absolute atomic E-state index is 5.47. The number of nitrogens with one attached hydrogen (secondary N) is 1. The molecule has 0 aromatic heterocycles. The summed E-state index contributed by atoms with van der Waals surface area (Å²) in [4.78, 5) is 0. The van der Waals surface area contributed by atoms with Crippen LogP contribution in [-0.2, 0) is 6.42 Å². The zero-order valence-electron chi connectivity index (χ0n) is 8.50. The molecule has 0 atom stereocenters. The number of nitrogen functional groups attached to an aromatic ring is 1. The molecule has 76 valence electrons. The van der Waals surface area contributed by atoms with Crippen LogP contribution < -0.4 is 11.3 Å². The lowest BCUT2D eigenvalue weighted by atomic mass is 9.97. The Bertz CT molecular complexity index is 290. The Morgan fingerprint density at radius 1 is 1.21 bits per heavy atom. The van der Waals surface area contributed by atoms with Gasteiger partial charge in [-0.1, -0.05) is 43.9 Å². The lowest BCUT2D eigenvalue weighted by Gasteiger charge is -2.12. The van der Waals surface area contributed by atoms with E-state index in [1.165, 1.54) is 37.7 Å². The summed E-state index contributed by atoms with van der Waals surface area (Å²) in [5.41, 5.74) is 5.22. The highest BCUT2D eigenvalue weighted by molar-refractivity contribution is 5.50. The van der Waals surface area contributed by atoms with Crippen LogP contribution in [0.5, 0.6) is 0 Å². The van der Waals surface area contributed by atoms with E-state index in [1.54, 1.807) is 0 Å². The van der Waals surface area contributed by atoms with E-state index in [0.29, 0.717) is 0 Å². The van der Waals surface area contributed by atoms with Crippen LogP contribution in [0.3, 0.4) is 0 Å². The summed E-state index contributed by atoms with van der Waals surface area (Å²) in [6, 6.07) is 8.33. The van der Waals surface area contributed by atoms with Crippen molar-refractivity contribution in [2.24, 2.45) is 11.8 Å². The smallest absolute Gasteiger partial charge is 0.0517 e. The molecule has 2 rings (SSSR count). The summed E-state index contributed by atoms with van der Waals surface area (Å²) in [6.07, 6.45) is 6.77. The Morgan fingerprint density at radius 3 is 2.64 bits per heavy atom. The molecule has 2 heteroatoms. The molecule has 2 nitrogen and oxygen atoms in total. The molecular formula is C12H18N2. The third-order valence-electron chi connectivity index (χ3n) is 3.16. The molecule has 1 fully saturated rings. The molecule has 0 bridgehead atoms. The van der Waals surface area contributed by atoms with E-state index in [1.807, 2.05) is 12.1 Å². The number of hydrazine groups is 1. The number of benzene rings is 1. The highest BCUT2D eigenvalue weighted by atomic mass is 15.2. The van der Waals surface area contributed by atoms with Gasteiger partial charge < -0.3 is 5.43 Å². The first-order valence-corrected chi connectivity index (χ1v) is 5.44. The number of hydrogen-bond donors (Lipinski definition) is 2. The number of anilines is 1. The van der Waals surface area contributed by atoms with Gasteiger partial charge in [-0.25, -0.2) is 0 Å². The van der Waals surface area contributed by atoms with Crippen LogP contribution in [0.25, 0.3) is 0 Å². The van der Waals surface area contributed by atoms with Crippen molar-refractivity contribution in [3.05, 3.63) is 29.8 Å². The van der Waals surface area contributed by atoms with Crippen molar-refractivity contribution in [2.45, 2.75) is 32.1 Å². The molecular weight excluding hydrogens is 172 g/mol. The molecule has 1 saturated carbocycles. The normalized spacial score (nSPS) is 17.2. The molecule has 0 amide bonds. The lowest BCUT2D eigenvalue weighted by Crippen LogP contribution is -2.10. The lowest BCUT2D eigenvalue weighted by molar-refractivity contribution is 0.547.